The fourth-order valence-corrected chi connectivity index (χ4v) is 1.78. The molecule has 0 bridgehead atoms. The van der Waals surface area contributed by atoms with Crippen molar-refractivity contribution in [3.8, 4) is 6.07 Å². The summed E-state index contributed by atoms with van der Waals surface area (Å²) < 4.78 is 13.8. The van der Waals surface area contributed by atoms with Crippen LogP contribution in [0.5, 0.6) is 0 Å². The molecule has 5 nitrogen and oxygen atoms in total. The average Bonchev–Trinajstić information content (AvgIpc) is 2.48. The van der Waals surface area contributed by atoms with Gasteiger partial charge in [0, 0.05) is 5.69 Å². The number of nitrogens with one attached hydrogen (secondary N) is 1. The monoisotopic (exact) mass is 285 g/mol. The summed E-state index contributed by atoms with van der Waals surface area (Å²) in [4.78, 5) is 15.3. The SMILES string of the molecule is CCc1cc(C(=O)O)cc(Nc2ccc(C#N)cc2F)n1. The molecule has 2 aromatic rings. The van der Waals surface area contributed by atoms with Crippen molar-refractivity contribution >= 4 is 17.5 Å². The number of anilines is 2. The zero-order valence-electron chi connectivity index (χ0n) is 11.2. The standard InChI is InChI=1S/C15H12FN3O2/c1-2-11-6-10(15(20)21)7-14(18-11)19-13-4-3-9(8-17)5-12(13)16/h3-7H,2H2,1H3,(H,18,19)(H,20,21). The highest BCUT2D eigenvalue weighted by Gasteiger charge is 2.10. The third-order valence-electron chi connectivity index (χ3n) is 2.85. The first-order valence-electron chi connectivity index (χ1n) is 6.24. The maximum atomic E-state index is 13.8. The summed E-state index contributed by atoms with van der Waals surface area (Å²) in [6.45, 7) is 1.85. The van der Waals surface area contributed by atoms with E-state index in [-0.39, 0.29) is 22.6 Å². The van der Waals surface area contributed by atoms with Crippen molar-refractivity contribution in [1.82, 2.24) is 4.98 Å². The zero-order chi connectivity index (χ0) is 15.4. The van der Waals surface area contributed by atoms with Gasteiger partial charge in [-0.3, -0.25) is 0 Å². The van der Waals surface area contributed by atoms with Crippen LogP contribution in [0.25, 0.3) is 0 Å². The minimum atomic E-state index is -1.07. The van der Waals surface area contributed by atoms with E-state index in [1.54, 1.807) is 0 Å². The molecule has 0 atom stereocenters. The second kappa shape index (κ2) is 6.01. The Bertz CT molecular complexity index is 738. The van der Waals surface area contributed by atoms with E-state index in [1.165, 1.54) is 24.3 Å². The van der Waals surface area contributed by atoms with Gasteiger partial charge in [-0.05, 0) is 36.8 Å². The minimum Gasteiger partial charge on any atom is -0.478 e. The normalized spacial score (nSPS) is 9.95. The van der Waals surface area contributed by atoms with Crippen molar-refractivity contribution in [3.63, 3.8) is 0 Å². The first-order valence-corrected chi connectivity index (χ1v) is 6.24. The highest BCUT2D eigenvalue weighted by atomic mass is 19.1. The number of halogens is 1. The van der Waals surface area contributed by atoms with Gasteiger partial charge in [0.1, 0.15) is 11.6 Å². The van der Waals surface area contributed by atoms with E-state index in [0.717, 1.165) is 6.07 Å². The summed E-state index contributed by atoms with van der Waals surface area (Å²) in [6.07, 6.45) is 0.561. The number of carboxylic acids is 1. The molecule has 0 spiro atoms. The molecule has 21 heavy (non-hydrogen) atoms. The number of carbonyl (C=O) groups is 1. The van der Waals surface area contributed by atoms with Gasteiger partial charge < -0.3 is 10.4 Å². The molecule has 0 unspecified atom stereocenters. The van der Waals surface area contributed by atoms with Crippen molar-refractivity contribution in [3.05, 3.63) is 53.0 Å². The molecular formula is C15H12FN3O2. The van der Waals surface area contributed by atoms with Crippen LogP contribution in [0.15, 0.2) is 30.3 Å². The summed E-state index contributed by atoms with van der Waals surface area (Å²) in [6, 6.07) is 8.63. The van der Waals surface area contributed by atoms with E-state index in [9.17, 15) is 9.18 Å². The van der Waals surface area contributed by atoms with E-state index >= 15 is 0 Å². The van der Waals surface area contributed by atoms with Crippen molar-refractivity contribution in [1.29, 1.82) is 5.26 Å². The molecule has 0 radical (unpaired) electrons. The van der Waals surface area contributed by atoms with Crippen LogP contribution < -0.4 is 5.32 Å². The van der Waals surface area contributed by atoms with Crippen LogP contribution >= 0.6 is 0 Å². The maximum Gasteiger partial charge on any atom is 0.335 e. The Morgan fingerprint density at radius 1 is 1.43 bits per heavy atom. The van der Waals surface area contributed by atoms with Gasteiger partial charge in [0.2, 0.25) is 0 Å². The van der Waals surface area contributed by atoms with E-state index < -0.39 is 11.8 Å². The summed E-state index contributed by atoms with van der Waals surface area (Å²) in [5.41, 5.74) is 1.01. The summed E-state index contributed by atoms with van der Waals surface area (Å²) >= 11 is 0. The van der Waals surface area contributed by atoms with E-state index in [2.05, 4.69) is 10.3 Å². The van der Waals surface area contributed by atoms with E-state index in [1.807, 2.05) is 13.0 Å². The third kappa shape index (κ3) is 3.34. The van der Waals surface area contributed by atoms with Crippen LogP contribution in [0.3, 0.4) is 0 Å². The Kier molecular flexibility index (Phi) is 4.14. The predicted octanol–water partition coefficient (Wildman–Crippen LogP) is 3.10. The number of aryl methyl sites for hydroxylation is 1. The largest absolute Gasteiger partial charge is 0.478 e. The molecule has 2 rings (SSSR count). The van der Waals surface area contributed by atoms with Crippen LogP contribution in [0, 0.1) is 17.1 Å². The van der Waals surface area contributed by atoms with Gasteiger partial charge >= 0.3 is 5.97 Å². The molecule has 0 aliphatic rings. The van der Waals surface area contributed by atoms with E-state index in [4.69, 9.17) is 10.4 Å². The summed E-state index contributed by atoms with van der Waals surface area (Å²) in [7, 11) is 0. The lowest BCUT2D eigenvalue weighted by Gasteiger charge is -2.09. The van der Waals surface area contributed by atoms with Crippen LogP contribution in [0.1, 0.15) is 28.5 Å². The Labute approximate surface area is 120 Å². The van der Waals surface area contributed by atoms with Crippen LogP contribution in [-0.4, -0.2) is 16.1 Å². The maximum absolute atomic E-state index is 13.8. The number of nitrogens with zero attached hydrogens (tertiary/aromatic N) is 2. The van der Waals surface area contributed by atoms with Crippen molar-refractivity contribution in [2.45, 2.75) is 13.3 Å². The van der Waals surface area contributed by atoms with Crippen molar-refractivity contribution < 1.29 is 14.3 Å². The number of aromatic nitrogens is 1. The fraction of sp³-hybridized carbons (Fsp3) is 0.133. The van der Waals surface area contributed by atoms with Gasteiger partial charge in [0.25, 0.3) is 0 Å². The van der Waals surface area contributed by atoms with Gasteiger partial charge in [0.05, 0.1) is 22.9 Å². The molecule has 0 fully saturated rings. The van der Waals surface area contributed by atoms with Crippen molar-refractivity contribution in [2.75, 3.05) is 5.32 Å². The highest BCUT2D eigenvalue weighted by Crippen LogP contribution is 2.21. The molecule has 1 aromatic heterocycles. The van der Waals surface area contributed by atoms with Gasteiger partial charge in [0.15, 0.2) is 0 Å². The Hall–Kier alpha value is -2.94. The molecular weight excluding hydrogens is 273 g/mol. The number of hydrogen-bond acceptors (Lipinski definition) is 4. The van der Waals surface area contributed by atoms with Crippen LogP contribution in [-0.2, 0) is 6.42 Å². The zero-order valence-corrected chi connectivity index (χ0v) is 11.2. The number of benzene rings is 1. The number of rotatable bonds is 4. The molecule has 0 amide bonds. The number of aromatic carboxylic acids is 1. The number of hydrogen-bond donors (Lipinski definition) is 2. The first-order chi connectivity index (χ1) is 10.0. The molecule has 6 heteroatoms. The summed E-state index contributed by atoms with van der Waals surface area (Å²) in [5, 5.41) is 20.5. The van der Waals surface area contributed by atoms with Crippen LogP contribution in [0.4, 0.5) is 15.9 Å². The van der Waals surface area contributed by atoms with Gasteiger partial charge in [-0.2, -0.15) is 5.26 Å². The average molecular weight is 285 g/mol. The van der Waals surface area contributed by atoms with Gasteiger partial charge in [-0.25, -0.2) is 14.2 Å². The predicted molar refractivity (Wildman–Crippen MR) is 75.0 cm³/mol. The third-order valence-corrected chi connectivity index (χ3v) is 2.85. The number of carboxylic acid groups (broad SMARTS) is 1. The smallest absolute Gasteiger partial charge is 0.335 e. The molecule has 2 N–H and O–H groups in total. The highest BCUT2D eigenvalue weighted by molar-refractivity contribution is 5.88. The molecule has 0 saturated carbocycles. The van der Waals surface area contributed by atoms with Gasteiger partial charge in [-0.1, -0.05) is 6.92 Å². The van der Waals surface area contributed by atoms with Gasteiger partial charge in [-0.15, -0.1) is 0 Å². The lowest BCUT2D eigenvalue weighted by Crippen LogP contribution is -2.04. The van der Waals surface area contributed by atoms with Crippen molar-refractivity contribution in [2.24, 2.45) is 0 Å². The Balaban J connectivity index is 2.37. The Morgan fingerprint density at radius 2 is 2.19 bits per heavy atom. The fourth-order valence-electron chi connectivity index (χ4n) is 1.78. The Morgan fingerprint density at radius 3 is 2.76 bits per heavy atom. The minimum absolute atomic E-state index is 0.0819. The molecule has 0 saturated heterocycles. The lowest BCUT2D eigenvalue weighted by molar-refractivity contribution is 0.0696. The molecule has 1 aromatic carbocycles. The molecule has 1 heterocycles. The second-order valence-electron chi connectivity index (χ2n) is 4.32. The van der Waals surface area contributed by atoms with E-state index in [0.29, 0.717) is 12.1 Å². The topological polar surface area (TPSA) is 86.0 Å². The molecule has 0 aliphatic heterocycles. The first kappa shape index (κ1) is 14.5. The quantitative estimate of drug-likeness (QED) is 0.901. The molecule has 0 aliphatic carbocycles. The van der Waals surface area contributed by atoms with Crippen LogP contribution in [0.2, 0.25) is 0 Å². The molecule has 106 valence electrons. The number of nitriles is 1. The summed E-state index contributed by atoms with van der Waals surface area (Å²) in [5.74, 6) is -1.43. The second-order valence-corrected chi connectivity index (χ2v) is 4.32. The number of pyridine rings is 1. The lowest BCUT2D eigenvalue weighted by atomic mass is 10.2.